The van der Waals surface area contributed by atoms with Crippen LogP contribution in [0.1, 0.15) is 101 Å². The maximum atomic E-state index is 18.2. The van der Waals surface area contributed by atoms with Crippen LogP contribution in [0.4, 0.5) is 30.3 Å². The minimum atomic E-state index is -0.825. The van der Waals surface area contributed by atoms with E-state index in [1.165, 1.54) is 22.1 Å². The van der Waals surface area contributed by atoms with Gasteiger partial charge in [0.15, 0.2) is 11.6 Å². The summed E-state index contributed by atoms with van der Waals surface area (Å²) in [6, 6.07) is 4.60. The molecular weight excluding hydrogens is 889 g/mol. The van der Waals surface area contributed by atoms with Crippen molar-refractivity contribution < 1.29 is 42.5 Å². The largest absolute Gasteiger partial charge is 0.489 e. The van der Waals surface area contributed by atoms with Crippen molar-refractivity contribution in [1.82, 2.24) is 24.3 Å². The lowest BCUT2D eigenvalue weighted by Gasteiger charge is -2.46. The molecule has 10 rings (SSSR count). The van der Waals surface area contributed by atoms with E-state index in [4.69, 9.17) is 45.3 Å². The summed E-state index contributed by atoms with van der Waals surface area (Å²) in [4.78, 5) is 57.8. The quantitative estimate of drug-likeness (QED) is 0.167. The van der Waals surface area contributed by atoms with Crippen molar-refractivity contribution in [3.63, 3.8) is 0 Å². The number of aromatic nitrogens is 3. The van der Waals surface area contributed by atoms with Crippen LogP contribution in [0.5, 0.6) is 11.8 Å². The van der Waals surface area contributed by atoms with Crippen molar-refractivity contribution in [2.75, 3.05) is 43.1 Å². The van der Waals surface area contributed by atoms with E-state index in [1.807, 2.05) is 31.7 Å². The molecule has 4 saturated heterocycles. The Morgan fingerprint density at radius 2 is 1.61 bits per heavy atom. The van der Waals surface area contributed by atoms with Gasteiger partial charge in [0, 0.05) is 33.8 Å². The zero-order valence-electron chi connectivity index (χ0n) is 38.9. The second kappa shape index (κ2) is 15.7. The summed E-state index contributed by atoms with van der Waals surface area (Å²) < 4.78 is 51.0. The van der Waals surface area contributed by atoms with Gasteiger partial charge in [-0.05, 0) is 126 Å². The van der Waals surface area contributed by atoms with Crippen LogP contribution >= 0.6 is 22.9 Å². The Kier molecular flexibility index (Phi) is 10.6. The van der Waals surface area contributed by atoms with Crippen LogP contribution in [0.3, 0.4) is 0 Å². The van der Waals surface area contributed by atoms with Gasteiger partial charge < -0.3 is 28.6 Å². The number of piperazine rings is 1. The van der Waals surface area contributed by atoms with E-state index in [1.54, 1.807) is 53.7 Å². The summed E-state index contributed by atoms with van der Waals surface area (Å²) in [5.41, 5.74) is -1.85. The van der Waals surface area contributed by atoms with E-state index in [0.717, 1.165) is 45.2 Å². The molecule has 18 heteroatoms. The number of carbonyl (C=O) groups excluding carboxylic acids is 3. The molecule has 0 spiro atoms. The average molecular weight is 947 g/mol. The Morgan fingerprint density at radius 1 is 0.909 bits per heavy atom. The van der Waals surface area contributed by atoms with Crippen LogP contribution in [-0.2, 0) is 14.2 Å². The van der Waals surface area contributed by atoms with Crippen molar-refractivity contribution in [1.29, 1.82) is 0 Å². The number of rotatable bonds is 5. The minimum Gasteiger partial charge on any atom is -0.489 e. The highest BCUT2D eigenvalue weighted by Gasteiger charge is 2.52. The van der Waals surface area contributed by atoms with Gasteiger partial charge in [0.1, 0.15) is 46.2 Å². The molecule has 2 amide bonds. The first-order valence-corrected chi connectivity index (χ1v) is 24.1. The maximum Gasteiger partial charge on any atom is 0.419 e. The molecular formula is C48H57ClFN7O8S. The molecule has 2 bridgehead atoms. The van der Waals surface area contributed by atoms with Crippen LogP contribution in [0, 0.1) is 5.82 Å². The van der Waals surface area contributed by atoms with Crippen LogP contribution in [-0.4, -0.2) is 116 Å². The molecule has 8 heterocycles. The summed E-state index contributed by atoms with van der Waals surface area (Å²) in [7, 11) is 0. The molecule has 2 aromatic carbocycles. The molecule has 352 valence electrons. The first kappa shape index (κ1) is 44.7. The molecule has 0 radical (unpaired) electrons. The van der Waals surface area contributed by atoms with Crippen molar-refractivity contribution in [2.24, 2.45) is 0 Å². The molecule has 66 heavy (non-hydrogen) atoms. The van der Waals surface area contributed by atoms with E-state index in [-0.39, 0.29) is 69.9 Å². The highest BCUT2D eigenvalue weighted by molar-refractivity contribution is 7.25. The Balaban J connectivity index is 1.16. The van der Waals surface area contributed by atoms with Crippen molar-refractivity contribution >= 4 is 83.9 Å². The molecule has 15 nitrogen and oxygen atoms in total. The molecule has 5 aromatic rings. The number of fused-ring (bicyclic) bond motifs is 9. The average Bonchev–Trinajstić information content (AvgIpc) is 4.01. The van der Waals surface area contributed by atoms with E-state index in [0.29, 0.717) is 56.6 Å². The molecule has 4 fully saturated rings. The zero-order chi connectivity index (χ0) is 46.8. The summed E-state index contributed by atoms with van der Waals surface area (Å²) in [5, 5.41) is 4.16. The predicted octanol–water partition coefficient (Wildman–Crippen LogP) is 10.7. The molecule has 0 saturated carbocycles. The Labute approximate surface area is 391 Å². The number of anilines is 2. The lowest BCUT2D eigenvalue weighted by atomic mass is 9.95. The number of ether oxygens (including phenoxy) is 5. The lowest BCUT2D eigenvalue weighted by molar-refractivity contribution is 0.00540. The third-order valence-corrected chi connectivity index (χ3v) is 14.7. The number of thiophene rings is 1. The molecule has 2 unspecified atom stereocenters. The van der Waals surface area contributed by atoms with Crippen LogP contribution in [0.25, 0.3) is 42.3 Å². The van der Waals surface area contributed by atoms with Crippen molar-refractivity contribution in [2.45, 2.75) is 141 Å². The fourth-order valence-electron chi connectivity index (χ4n) is 10.8. The number of hydrogen-bond acceptors (Lipinski definition) is 13. The Hall–Kier alpha value is -5.13. The first-order valence-electron chi connectivity index (χ1n) is 22.9. The molecule has 5 aliphatic rings. The number of hydrogen-bond donors (Lipinski definition) is 1. The van der Waals surface area contributed by atoms with Crippen LogP contribution < -0.4 is 19.7 Å². The smallest absolute Gasteiger partial charge is 0.419 e. The number of nitrogens with zero attached hydrogens (tertiary/aromatic N) is 6. The number of halogens is 2. The summed E-state index contributed by atoms with van der Waals surface area (Å²) in [6.07, 6.45) is 5.33. The number of benzene rings is 2. The topological polar surface area (TPSA) is 150 Å². The maximum absolute atomic E-state index is 18.2. The first-order chi connectivity index (χ1) is 31.1. The normalized spacial score (nSPS) is 21.5. The van der Waals surface area contributed by atoms with Gasteiger partial charge in [-0.2, -0.15) is 9.97 Å². The third-order valence-electron chi connectivity index (χ3n) is 13.2. The zero-order valence-corrected chi connectivity index (χ0v) is 40.5. The fourth-order valence-corrected chi connectivity index (χ4v) is 12.3. The molecule has 3 aromatic heterocycles. The fraction of sp³-hybridized carbons (Fsp3) is 0.562. The molecule has 0 aliphatic carbocycles. The molecule has 3 atom stereocenters. The van der Waals surface area contributed by atoms with Gasteiger partial charge in [-0.3, -0.25) is 15.1 Å². The van der Waals surface area contributed by atoms with Gasteiger partial charge in [0.25, 0.3) is 0 Å². The lowest BCUT2D eigenvalue weighted by Crippen LogP contribution is -2.63. The second-order valence-corrected chi connectivity index (χ2v) is 22.7. The molecule has 5 aliphatic heterocycles. The summed E-state index contributed by atoms with van der Waals surface area (Å²) in [6.45, 7) is 19.0. The van der Waals surface area contributed by atoms with Gasteiger partial charge in [-0.1, -0.05) is 23.7 Å². The predicted molar refractivity (Wildman–Crippen MR) is 252 cm³/mol. The van der Waals surface area contributed by atoms with Gasteiger partial charge in [0.2, 0.25) is 0 Å². The SMILES string of the molecule is CC(C)(C)OC(=O)Nc1cn(C(=O)OC(C)(C)C)c2sc3cccc(-c4c(Cl)c5c6c(nc(OCC78CCCN7CCC8)nc6c4F)N4CC6CCC([C@H]4CO5)N6C(=O)OC(C)(C)C)c3c12. The summed E-state index contributed by atoms with van der Waals surface area (Å²) >= 11 is 8.78. The molecule has 1 N–H and O–H groups in total. The number of amides is 2. The van der Waals surface area contributed by atoms with E-state index in [2.05, 4.69) is 15.1 Å². The van der Waals surface area contributed by atoms with E-state index >= 15 is 4.39 Å². The summed E-state index contributed by atoms with van der Waals surface area (Å²) in [5.74, 6) is -0.0783. The van der Waals surface area contributed by atoms with Gasteiger partial charge in [-0.15, -0.1) is 11.3 Å². The standard InChI is InChI=1S/C48H57ClFN7O8S/c1-45(2,3)63-42(58)51-27-22-56(43(59)64-46(4,5)6)40-33(27)31-26(13-10-14-30(31)66-40)32-35(49)38-34-37(36(32)50)52-41(62-24-48-17-11-19-54(48)20-12-18-48)53-39(34)55-21-25-15-16-28(29(55)23-61-38)57(25)44(60)65-47(7,8)9/h10,13-14,22,25,28-29H,11-12,15-21,23-24H2,1-9H3,(H,51,58)/t25?,28?,29-/m1/s1. The second-order valence-electron chi connectivity index (χ2n) is 21.3. The highest BCUT2D eigenvalue weighted by Crippen LogP contribution is 2.53. The van der Waals surface area contributed by atoms with Gasteiger partial charge in [-0.25, -0.2) is 23.3 Å². The van der Waals surface area contributed by atoms with Crippen molar-refractivity contribution in [3.05, 3.63) is 35.2 Å². The van der Waals surface area contributed by atoms with Gasteiger partial charge >= 0.3 is 24.3 Å². The van der Waals surface area contributed by atoms with Crippen molar-refractivity contribution in [3.8, 4) is 22.9 Å². The number of carbonyl (C=O) groups is 3. The highest BCUT2D eigenvalue weighted by atomic mass is 35.5. The third kappa shape index (κ3) is 7.71. The van der Waals surface area contributed by atoms with E-state index in [9.17, 15) is 14.4 Å². The Bertz CT molecular complexity index is 2820. The number of nitrogens with one attached hydrogen (secondary N) is 1. The minimum absolute atomic E-state index is 0.000887. The van der Waals surface area contributed by atoms with Crippen LogP contribution in [0.15, 0.2) is 24.4 Å². The Morgan fingerprint density at radius 3 is 2.30 bits per heavy atom. The van der Waals surface area contributed by atoms with E-state index < -0.39 is 34.8 Å². The van der Waals surface area contributed by atoms with Gasteiger partial charge in [0.05, 0.1) is 39.8 Å². The monoisotopic (exact) mass is 945 g/mol. The van der Waals surface area contributed by atoms with Crippen LogP contribution in [0.2, 0.25) is 5.02 Å².